The Kier molecular flexibility index (Phi) is 6.48. The van der Waals surface area contributed by atoms with Crippen LogP contribution in [-0.2, 0) is 6.54 Å². The summed E-state index contributed by atoms with van der Waals surface area (Å²) in [6, 6.07) is 5.12. The van der Waals surface area contributed by atoms with Crippen LogP contribution in [0.2, 0.25) is 0 Å². The van der Waals surface area contributed by atoms with Gasteiger partial charge < -0.3 is 9.84 Å². The van der Waals surface area contributed by atoms with E-state index in [1.54, 1.807) is 32.0 Å². The highest BCUT2D eigenvalue weighted by Gasteiger charge is 2.30. The van der Waals surface area contributed by atoms with Gasteiger partial charge in [-0.05, 0) is 38.1 Å². The molecule has 0 aliphatic carbocycles. The molecule has 0 aromatic heterocycles. The van der Waals surface area contributed by atoms with Gasteiger partial charge in [-0.25, -0.2) is 0 Å². The minimum atomic E-state index is -4.23. The molecule has 1 aromatic carbocycles. The van der Waals surface area contributed by atoms with Crippen LogP contribution in [0.5, 0.6) is 5.75 Å². The Morgan fingerprint density at radius 1 is 1.29 bits per heavy atom. The summed E-state index contributed by atoms with van der Waals surface area (Å²) in [7, 11) is 0. The normalized spacial score (nSPS) is 13.5. The molecular weight excluding hydrogens is 283 g/mol. The summed E-state index contributed by atoms with van der Waals surface area (Å²) in [6.45, 7) is 5.01. The van der Waals surface area contributed by atoms with Crippen molar-refractivity contribution in [2.45, 2.75) is 39.6 Å². The lowest BCUT2D eigenvalue weighted by molar-refractivity contribution is -0.146. The van der Waals surface area contributed by atoms with E-state index in [4.69, 9.17) is 4.74 Å². The van der Waals surface area contributed by atoms with Gasteiger partial charge in [0.1, 0.15) is 5.75 Å². The standard InChI is InChI=1S/C15H22F3NO2/c1-4-19(10-15(16,17)18)9-13-8-12(11(3)20)6-7-14(13)21-5-2/h6-8,11,20H,4-5,9-10H2,1-3H3. The zero-order valence-corrected chi connectivity index (χ0v) is 12.6. The van der Waals surface area contributed by atoms with E-state index < -0.39 is 18.8 Å². The van der Waals surface area contributed by atoms with Crippen molar-refractivity contribution in [3.8, 4) is 5.75 Å². The monoisotopic (exact) mass is 305 g/mol. The van der Waals surface area contributed by atoms with Gasteiger partial charge in [0.25, 0.3) is 0 Å². The first-order valence-electron chi connectivity index (χ1n) is 6.99. The van der Waals surface area contributed by atoms with E-state index in [1.807, 2.05) is 6.92 Å². The molecule has 0 aliphatic rings. The van der Waals surface area contributed by atoms with Crippen molar-refractivity contribution >= 4 is 0 Å². The highest BCUT2D eigenvalue weighted by atomic mass is 19.4. The SMILES string of the molecule is CCOc1ccc(C(C)O)cc1CN(CC)CC(F)(F)F. The fraction of sp³-hybridized carbons (Fsp3) is 0.600. The lowest BCUT2D eigenvalue weighted by atomic mass is 10.1. The van der Waals surface area contributed by atoms with Crippen LogP contribution >= 0.6 is 0 Å². The fourth-order valence-electron chi connectivity index (χ4n) is 2.05. The second kappa shape index (κ2) is 7.66. The molecule has 120 valence electrons. The number of rotatable bonds is 7. The first-order chi connectivity index (χ1) is 9.76. The van der Waals surface area contributed by atoms with Crippen LogP contribution in [-0.4, -0.2) is 35.9 Å². The Bertz CT molecular complexity index is 447. The number of hydrogen-bond donors (Lipinski definition) is 1. The maximum Gasteiger partial charge on any atom is 0.401 e. The summed E-state index contributed by atoms with van der Waals surface area (Å²) in [5.41, 5.74) is 1.32. The number of nitrogens with zero attached hydrogens (tertiary/aromatic N) is 1. The summed E-state index contributed by atoms with van der Waals surface area (Å²) in [6.07, 6.45) is -4.90. The highest BCUT2D eigenvalue weighted by molar-refractivity contribution is 5.38. The second-order valence-corrected chi connectivity index (χ2v) is 4.89. The van der Waals surface area contributed by atoms with Crippen molar-refractivity contribution in [3.05, 3.63) is 29.3 Å². The molecule has 1 N–H and O–H groups in total. The van der Waals surface area contributed by atoms with Gasteiger partial charge in [0.05, 0.1) is 19.3 Å². The number of benzene rings is 1. The number of aliphatic hydroxyl groups is 1. The molecule has 0 aliphatic heterocycles. The Morgan fingerprint density at radius 3 is 2.43 bits per heavy atom. The fourth-order valence-corrected chi connectivity index (χ4v) is 2.05. The summed E-state index contributed by atoms with van der Waals surface area (Å²) in [5.74, 6) is 0.558. The quantitative estimate of drug-likeness (QED) is 0.836. The third-order valence-corrected chi connectivity index (χ3v) is 3.11. The largest absolute Gasteiger partial charge is 0.494 e. The molecule has 0 heterocycles. The van der Waals surface area contributed by atoms with Crippen LogP contribution in [0, 0.1) is 0 Å². The van der Waals surface area contributed by atoms with Gasteiger partial charge in [0.2, 0.25) is 0 Å². The van der Waals surface area contributed by atoms with Crippen LogP contribution in [0.1, 0.15) is 38.0 Å². The van der Waals surface area contributed by atoms with Crippen LogP contribution in [0.4, 0.5) is 13.2 Å². The molecule has 21 heavy (non-hydrogen) atoms. The number of ether oxygens (including phenoxy) is 1. The van der Waals surface area contributed by atoms with Crippen molar-refractivity contribution in [3.63, 3.8) is 0 Å². The molecule has 0 radical (unpaired) electrons. The van der Waals surface area contributed by atoms with Crippen molar-refractivity contribution in [2.75, 3.05) is 19.7 Å². The third-order valence-electron chi connectivity index (χ3n) is 3.11. The van der Waals surface area contributed by atoms with E-state index in [1.165, 1.54) is 4.90 Å². The smallest absolute Gasteiger partial charge is 0.401 e. The molecule has 0 fully saturated rings. The van der Waals surface area contributed by atoms with Crippen molar-refractivity contribution in [1.29, 1.82) is 0 Å². The zero-order chi connectivity index (χ0) is 16.0. The molecule has 0 bridgehead atoms. The second-order valence-electron chi connectivity index (χ2n) is 4.89. The van der Waals surface area contributed by atoms with E-state index in [2.05, 4.69) is 0 Å². The molecule has 0 amide bonds. The first-order valence-corrected chi connectivity index (χ1v) is 6.99. The first kappa shape index (κ1) is 17.8. The van der Waals surface area contributed by atoms with Crippen LogP contribution in [0.15, 0.2) is 18.2 Å². The average molecular weight is 305 g/mol. The van der Waals surface area contributed by atoms with Gasteiger partial charge in [-0.1, -0.05) is 13.0 Å². The van der Waals surface area contributed by atoms with Gasteiger partial charge >= 0.3 is 6.18 Å². The summed E-state index contributed by atoms with van der Waals surface area (Å²) in [4.78, 5) is 1.30. The Balaban J connectivity index is 2.98. The molecule has 1 aromatic rings. The van der Waals surface area contributed by atoms with Gasteiger partial charge in [-0.2, -0.15) is 13.2 Å². The highest BCUT2D eigenvalue weighted by Crippen LogP contribution is 2.26. The lowest BCUT2D eigenvalue weighted by Crippen LogP contribution is -2.33. The minimum absolute atomic E-state index is 0.131. The number of hydrogen-bond acceptors (Lipinski definition) is 3. The molecule has 1 rings (SSSR count). The zero-order valence-electron chi connectivity index (χ0n) is 12.6. The Morgan fingerprint density at radius 2 is 1.95 bits per heavy atom. The topological polar surface area (TPSA) is 32.7 Å². The van der Waals surface area contributed by atoms with Crippen molar-refractivity contribution in [2.24, 2.45) is 0 Å². The maximum absolute atomic E-state index is 12.5. The molecule has 1 unspecified atom stereocenters. The predicted octanol–water partition coefficient (Wildman–Crippen LogP) is 3.52. The molecule has 1 atom stereocenters. The number of alkyl halides is 3. The molecular formula is C15H22F3NO2. The Labute approximate surface area is 123 Å². The molecule has 0 saturated heterocycles. The van der Waals surface area contributed by atoms with E-state index in [0.29, 0.717) is 23.5 Å². The van der Waals surface area contributed by atoms with E-state index in [9.17, 15) is 18.3 Å². The molecule has 6 heteroatoms. The molecule has 3 nitrogen and oxygen atoms in total. The van der Waals surface area contributed by atoms with E-state index in [-0.39, 0.29) is 13.1 Å². The van der Waals surface area contributed by atoms with Crippen molar-refractivity contribution in [1.82, 2.24) is 4.90 Å². The summed E-state index contributed by atoms with van der Waals surface area (Å²) < 4.78 is 43.1. The summed E-state index contributed by atoms with van der Waals surface area (Å²) >= 11 is 0. The lowest BCUT2D eigenvalue weighted by Gasteiger charge is -2.23. The Hall–Kier alpha value is -1.27. The van der Waals surface area contributed by atoms with Crippen molar-refractivity contribution < 1.29 is 23.0 Å². The number of aliphatic hydroxyl groups excluding tert-OH is 1. The van der Waals surface area contributed by atoms with Gasteiger partial charge in [-0.3, -0.25) is 4.90 Å². The molecule has 0 spiro atoms. The minimum Gasteiger partial charge on any atom is -0.494 e. The predicted molar refractivity (Wildman–Crippen MR) is 75.3 cm³/mol. The van der Waals surface area contributed by atoms with Crippen LogP contribution in [0.25, 0.3) is 0 Å². The average Bonchev–Trinajstić information content (AvgIpc) is 2.38. The van der Waals surface area contributed by atoms with Crippen LogP contribution in [0.3, 0.4) is 0 Å². The van der Waals surface area contributed by atoms with E-state index in [0.717, 1.165) is 0 Å². The van der Waals surface area contributed by atoms with Gasteiger partial charge in [0.15, 0.2) is 0 Å². The molecule has 0 saturated carbocycles. The number of halogens is 3. The van der Waals surface area contributed by atoms with Gasteiger partial charge in [0, 0.05) is 12.1 Å². The maximum atomic E-state index is 12.5. The van der Waals surface area contributed by atoms with Crippen LogP contribution < -0.4 is 4.74 Å². The van der Waals surface area contributed by atoms with E-state index >= 15 is 0 Å². The third kappa shape index (κ3) is 5.93. The summed E-state index contributed by atoms with van der Waals surface area (Å²) in [5, 5.41) is 9.61. The van der Waals surface area contributed by atoms with Gasteiger partial charge in [-0.15, -0.1) is 0 Å².